The number of rotatable bonds is 8. The van der Waals surface area contributed by atoms with Gasteiger partial charge in [0.25, 0.3) is 5.91 Å². The first-order valence-corrected chi connectivity index (χ1v) is 12.4. The maximum atomic E-state index is 13.4. The van der Waals surface area contributed by atoms with E-state index in [0.717, 1.165) is 5.56 Å². The van der Waals surface area contributed by atoms with Crippen LogP contribution in [-0.2, 0) is 26.0 Å². The van der Waals surface area contributed by atoms with E-state index >= 15 is 0 Å². The topological polar surface area (TPSA) is 127 Å². The molecule has 3 aromatic carbocycles. The highest BCUT2D eigenvalue weighted by atomic mass is 32.2. The van der Waals surface area contributed by atoms with Crippen LogP contribution < -0.4 is 14.8 Å². The highest BCUT2D eigenvalue weighted by molar-refractivity contribution is 7.89. The number of carbonyl (C=O) groups excluding carboxylic acids is 2. The molecule has 0 saturated heterocycles. The molecular weight excluding hydrogens is 468 g/mol. The molecule has 3 aromatic rings. The van der Waals surface area contributed by atoms with Crippen LogP contribution in [0.1, 0.15) is 23.6 Å². The Morgan fingerprint density at radius 2 is 1.71 bits per heavy atom. The van der Waals surface area contributed by atoms with E-state index in [9.17, 15) is 23.1 Å². The summed E-state index contributed by atoms with van der Waals surface area (Å²) in [6.45, 7) is 0. The lowest BCUT2D eigenvalue weighted by Crippen LogP contribution is -2.31. The maximum absolute atomic E-state index is 13.4. The molecule has 1 heterocycles. The number of ketones is 1. The number of aryl methyl sites for hydroxylation is 1. The SMILES string of the molecule is COc1cccc(C2C(C(=O)CCc3ccccc3)=C(O)C(=O)N2c2ccc(S(N)(=O)=O)cc2)c1. The van der Waals surface area contributed by atoms with Crippen molar-refractivity contribution in [3.8, 4) is 5.75 Å². The minimum Gasteiger partial charge on any atom is -0.503 e. The molecule has 0 bridgehead atoms. The number of benzene rings is 3. The summed E-state index contributed by atoms with van der Waals surface area (Å²) >= 11 is 0. The number of amides is 1. The van der Waals surface area contributed by atoms with Gasteiger partial charge in [0.1, 0.15) is 5.75 Å². The lowest BCUT2D eigenvalue weighted by atomic mass is 9.93. The molecule has 1 atom stereocenters. The zero-order valence-electron chi connectivity index (χ0n) is 18.9. The third-order valence-electron chi connectivity index (χ3n) is 5.85. The summed E-state index contributed by atoms with van der Waals surface area (Å²) in [5.41, 5.74) is 1.79. The number of hydrogen-bond donors (Lipinski definition) is 2. The fourth-order valence-electron chi connectivity index (χ4n) is 4.12. The average Bonchev–Trinajstić information content (AvgIpc) is 3.13. The largest absolute Gasteiger partial charge is 0.503 e. The number of carbonyl (C=O) groups is 2. The van der Waals surface area contributed by atoms with Crippen molar-refractivity contribution in [3.63, 3.8) is 0 Å². The number of aliphatic hydroxyl groups excluding tert-OH is 1. The van der Waals surface area contributed by atoms with Gasteiger partial charge in [-0.1, -0.05) is 42.5 Å². The van der Waals surface area contributed by atoms with Crippen LogP contribution in [-0.4, -0.2) is 32.3 Å². The van der Waals surface area contributed by atoms with Crippen LogP contribution in [0.5, 0.6) is 5.75 Å². The second-order valence-electron chi connectivity index (χ2n) is 8.06. The molecule has 8 nitrogen and oxygen atoms in total. The predicted molar refractivity (Wildman–Crippen MR) is 130 cm³/mol. The number of Topliss-reactive ketones (excluding diaryl/α,β-unsaturated/α-hetero) is 1. The van der Waals surface area contributed by atoms with Crippen molar-refractivity contribution in [3.05, 3.63) is 101 Å². The van der Waals surface area contributed by atoms with Gasteiger partial charge in [-0.2, -0.15) is 0 Å². The van der Waals surface area contributed by atoms with E-state index in [2.05, 4.69) is 0 Å². The quantitative estimate of drug-likeness (QED) is 0.496. The van der Waals surface area contributed by atoms with Crippen molar-refractivity contribution in [1.29, 1.82) is 0 Å². The summed E-state index contributed by atoms with van der Waals surface area (Å²) in [5, 5.41) is 16.0. The zero-order valence-corrected chi connectivity index (χ0v) is 19.7. The highest BCUT2D eigenvalue weighted by Gasteiger charge is 2.44. The molecule has 0 radical (unpaired) electrons. The number of methoxy groups -OCH3 is 1. The van der Waals surface area contributed by atoms with Gasteiger partial charge < -0.3 is 9.84 Å². The first-order chi connectivity index (χ1) is 16.7. The average molecular weight is 493 g/mol. The van der Waals surface area contributed by atoms with Crippen LogP contribution in [0.2, 0.25) is 0 Å². The van der Waals surface area contributed by atoms with Crippen molar-refractivity contribution in [2.24, 2.45) is 5.14 Å². The predicted octanol–water partition coefficient (Wildman–Crippen LogP) is 3.44. The number of nitrogens with zero attached hydrogens (tertiary/aromatic N) is 1. The van der Waals surface area contributed by atoms with Crippen LogP contribution in [0.15, 0.2) is 95.1 Å². The third-order valence-corrected chi connectivity index (χ3v) is 6.77. The van der Waals surface area contributed by atoms with Crippen molar-refractivity contribution in [2.75, 3.05) is 12.0 Å². The van der Waals surface area contributed by atoms with Crippen molar-refractivity contribution in [2.45, 2.75) is 23.8 Å². The van der Waals surface area contributed by atoms with E-state index in [4.69, 9.17) is 9.88 Å². The fourth-order valence-corrected chi connectivity index (χ4v) is 4.63. The lowest BCUT2D eigenvalue weighted by Gasteiger charge is -2.27. The number of anilines is 1. The van der Waals surface area contributed by atoms with Crippen LogP contribution in [0.4, 0.5) is 5.69 Å². The highest BCUT2D eigenvalue weighted by Crippen LogP contribution is 2.42. The van der Waals surface area contributed by atoms with Gasteiger partial charge in [-0.25, -0.2) is 13.6 Å². The molecule has 1 amide bonds. The smallest absolute Gasteiger partial charge is 0.294 e. The molecule has 0 spiro atoms. The van der Waals surface area contributed by atoms with Gasteiger partial charge in [0.05, 0.1) is 23.6 Å². The van der Waals surface area contributed by atoms with Gasteiger partial charge in [-0.05, 0) is 53.9 Å². The molecule has 180 valence electrons. The van der Waals surface area contributed by atoms with E-state index < -0.39 is 27.7 Å². The number of primary sulfonamides is 1. The van der Waals surface area contributed by atoms with E-state index in [-0.39, 0.29) is 22.7 Å². The number of aliphatic hydroxyl groups is 1. The summed E-state index contributed by atoms with van der Waals surface area (Å²) < 4.78 is 28.6. The Morgan fingerprint density at radius 3 is 2.34 bits per heavy atom. The van der Waals surface area contributed by atoms with E-state index in [1.807, 2.05) is 30.3 Å². The van der Waals surface area contributed by atoms with E-state index in [1.165, 1.54) is 36.3 Å². The molecule has 0 saturated carbocycles. The Balaban J connectivity index is 1.75. The van der Waals surface area contributed by atoms with Crippen molar-refractivity contribution < 1.29 is 27.9 Å². The summed E-state index contributed by atoms with van der Waals surface area (Å²) in [7, 11) is -2.43. The Morgan fingerprint density at radius 1 is 1.03 bits per heavy atom. The molecular formula is C26H24N2O6S. The Hall–Kier alpha value is -3.95. The first-order valence-electron chi connectivity index (χ1n) is 10.8. The number of nitrogens with two attached hydrogens (primary N) is 1. The third kappa shape index (κ3) is 4.96. The minimum absolute atomic E-state index is 0.0188. The van der Waals surface area contributed by atoms with Gasteiger partial charge in [0.15, 0.2) is 11.5 Å². The number of ether oxygens (including phenoxy) is 1. The normalized spacial score (nSPS) is 16.0. The second-order valence-corrected chi connectivity index (χ2v) is 9.63. The Bertz CT molecular complexity index is 1400. The summed E-state index contributed by atoms with van der Waals surface area (Å²) in [6, 6.07) is 20.7. The molecule has 4 rings (SSSR count). The van der Waals surface area contributed by atoms with Gasteiger partial charge in [0.2, 0.25) is 10.0 Å². The van der Waals surface area contributed by atoms with Crippen LogP contribution >= 0.6 is 0 Å². The van der Waals surface area contributed by atoms with E-state index in [1.54, 1.807) is 24.3 Å². The first kappa shape index (κ1) is 24.2. The van der Waals surface area contributed by atoms with Gasteiger partial charge in [-0.15, -0.1) is 0 Å². The van der Waals surface area contributed by atoms with Gasteiger partial charge in [-0.3, -0.25) is 14.5 Å². The Labute approximate surface area is 203 Å². The monoisotopic (exact) mass is 492 g/mol. The zero-order chi connectivity index (χ0) is 25.2. The Kier molecular flexibility index (Phi) is 6.72. The second kappa shape index (κ2) is 9.73. The van der Waals surface area contributed by atoms with Crippen LogP contribution in [0.3, 0.4) is 0 Å². The number of sulfonamides is 1. The molecule has 1 unspecified atom stereocenters. The summed E-state index contributed by atoms with van der Waals surface area (Å²) in [4.78, 5) is 27.7. The van der Waals surface area contributed by atoms with Gasteiger partial charge in [0, 0.05) is 12.1 Å². The molecule has 3 N–H and O–H groups in total. The van der Waals surface area contributed by atoms with Crippen LogP contribution in [0, 0.1) is 0 Å². The van der Waals surface area contributed by atoms with Crippen molar-refractivity contribution in [1.82, 2.24) is 0 Å². The summed E-state index contributed by atoms with van der Waals surface area (Å²) in [6.07, 6.45) is 0.536. The van der Waals surface area contributed by atoms with Crippen LogP contribution in [0.25, 0.3) is 0 Å². The lowest BCUT2D eigenvalue weighted by molar-refractivity contribution is -0.118. The maximum Gasteiger partial charge on any atom is 0.294 e. The molecule has 0 fully saturated rings. The minimum atomic E-state index is -3.93. The molecule has 0 aromatic heterocycles. The summed E-state index contributed by atoms with van der Waals surface area (Å²) in [5.74, 6) is -1.24. The standard InChI is InChI=1S/C26H24N2O6S/c1-34-20-9-5-8-18(16-20)24-23(22(29)15-10-17-6-3-2-4-7-17)25(30)26(31)28(24)19-11-13-21(14-12-19)35(27,32)33/h2-9,11-14,16,24,30H,10,15H2,1H3,(H2,27,32,33). The van der Waals surface area contributed by atoms with Crippen molar-refractivity contribution >= 4 is 27.4 Å². The molecule has 1 aliphatic heterocycles. The molecule has 35 heavy (non-hydrogen) atoms. The molecule has 9 heteroatoms. The van der Waals surface area contributed by atoms with E-state index in [0.29, 0.717) is 23.4 Å². The fraction of sp³-hybridized carbons (Fsp3) is 0.154. The molecule has 0 aliphatic carbocycles. The van der Waals surface area contributed by atoms with Gasteiger partial charge >= 0.3 is 0 Å². The molecule has 1 aliphatic rings. The number of hydrogen-bond acceptors (Lipinski definition) is 6.